The van der Waals surface area contributed by atoms with Gasteiger partial charge < -0.3 is 10.1 Å². The maximum Gasteiger partial charge on any atom is 0.255 e. The number of ether oxygens (including phenoxy) is 1. The lowest BCUT2D eigenvalue weighted by atomic mass is 10.0. The first-order valence-electron chi connectivity index (χ1n) is 11.6. The van der Waals surface area contributed by atoms with Crippen LogP contribution in [0.15, 0.2) is 60.8 Å². The van der Waals surface area contributed by atoms with Crippen LogP contribution in [0.1, 0.15) is 65.7 Å². The van der Waals surface area contributed by atoms with Crippen LogP contribution in [0, 0.1) is 6.92 Å². The van der Waals surface area contributed by atoms with E-state index in [-0.39, 0.29) is 18.1 Å². The monoisotopic (exact) mass is 444 g/mol. The molecule has 0 unspecified atom stereocenters. The van der Waals surface area contributed by atoms with Crippen molar-refractivity contribution in [3.8, 4) is 5.75 Å². The van der Waals surface area contributed by atoms with E-state index in [1.807, 2.05) is 63.2 Å². The Kier molecular flexibility index (Phi) is 7.35. The van der Waals surface area contributed by atoms with Gasteiger partial charge in [0.15, 0.2) is 0 Å². The molecule has 33 heavy (non-hydrogen) atoms. The molecule has 1 atom stereocenters. The van der Waals surface area contributed by atoms with E-state index in [9.17, 15) is 4.79 Å². The number of nitrogens with zero attached hydrogens (tertiary/aromatic N) is 3. The summed E-state index contributed by atoms with van der Waals surface area (Å²) in [6.45, 7) is 8.19. The van der Waals surface area contributed by atoms with Crippen LogP contribution in [0.3, 0.4) is 0 Å². The third-order valence-electron chi connectivity index (χ3n) is 5.84. The van der Waals surface area contributed by atoms with E-state index in [0.29, 0.717) is 17.9 Å². The predicted octanol–water partition coefficient (Wildman–Crippen LogP) is 4.84. The van der Waals surface area contributed by atoms with Crippen LogP contribution in [0.25, 0.3) is 0 Å². The van der Waals surface area contributed by atoms with Gasteiger partial charge in [-0.05, 0) is 63.4 Å². The summed E-state index contributed by atoms with van der Waals surface area (Å²) < 4.78 is 5.76. The molecule has 0 spiro atoms. The minimum atomic E-state index is -0.129. The number of carbonyl (C=O) groups excluding carboxylic acids is 1. The molecule has 1 aliphatic heterocycles. The molecule has 0 bridgehead atoms. The molecule has 1 aromatic heterocycles. The average Bonchev–Trinajstić information content (AvgIpc) is 3.27. The fourth-order valence-corrected chi connectivity index (χ4v) is 4.30. The number of rotatable bonds is 8. The van der Waals surface area contributed by atoms with Crippen molar-refractivity contribution in [2.24, 2.45) is 0 Å². The molecule has 3 aromatic rings. The number of nitrogens with one attached hydrogen (secondary N) is 1. The Hall–Kier alpha value is -3.25. The van der Waals surface area contributed by atoms with Gasteiger partial charge in [-0.15, -0.1) is 0 Å². The molecule has 0 saturated carbocycles. The van der Waals surface area contributed by atoms with Crippen LogP contribution in [0.4, 0.5) is 0 Å². The van der Waals surface area contributed by atoms with E-state index in [1.165, 1.54) is 5.56 Å². The van der Waals surface area contributed by atoms with Crippen molar-refractivity contribution in [2.75, 3.05) is 6.54 Å². The van der Waals surface area contributed by atoms with Crippen molar-refractivity contribution < 1.29 is 9.53 Å². The number of hydrogen-bond donors (Lipinski definition) is 1. The van der Waals surface area contributed by atoms with Gasteiger partial charge >= 0.3 is 0 Å². The number of aromatic nitrogens is 2. The minimum absolute atomic E-state index is 0.0933. The molecule has 0 aliphatic carbocycles. The van der Waals surface area contributed by atoms with Gasteiger partial charge in [-0.1, -0.05) is 42.5 Å². The lowest BCUT2D eigenvalue weighted by molar-refractivity contribution is 0.0946. The SMILES string of the molecule is Cc1ncc(C(=O)NCc2ccccc2)c([C@H]2CCCN2Cc2ccc(OC(C)C)cc2)n1. The van der Waals surface area contributed by atoms with Crippen LogP contribution in [-0.2, 0) is 13.1 Å². The van der Waals surface area contributed by atoms with Gasteiger partial charge in [-0.25, -0.2) is 9.97 Å². The molecule has 1 amide bonds. The first kappa shape index (κ1) is 22.9. The fourth-order valence-electron chi connectivity index (χ4n) is 4.30. The first-order valence-corrected chi connectivity index (χ1v) is 11.6. The largest absolute Gasteiger partial charge is 0.491 e. The lowest BCUT2D eigenvalue weighted by Crippen LogP contribution is -2.29. The summed E-state index contributed by atoms with van der Waals surface area (Å²) >= 11 is 0. The Morgan fingerprint density at radius 2 is 1.88 bits per heavy atom. The highest BCUT2D eigenvalue weighted by molar-refractivity contribution is 5.95. The van der Waals surface area contributed by atoms with Crippen LogP contribution >= 0.6 is 0 Å². The van der Waals surface area contributed by atoms with Crippen molar-refractivity contribution >= 4 is 5.91 Å². The number of benzene rings is 2. The quantitative estimate of drug-likeness (QED) is 0.539. The summed E-state index contributed by atoms with van der Waals surface area (Å²) in [5, 5.41) is 3.03. The highest BCUT2D eigenvalue weighted by Crippen LogP contribution is 2.34. The highest BCUT2D eigenvalue weighted by atomic mass is 16.5. The second-order valence-electron chi connectivity index (χ2n) is 8.82. The summed E-state index contributed by atoms with van der Waals surface area (Å²) in [5.41, 5.74) is 3.67. The molecule has 0 radical (unpaired) electrons. The summed E-state index contributed by atoms with van der Waals surface area (Å²) in [7, 11) is 0. The van der Waals surface area contributed by atoms with Gasteiger partial charge in [0.1, 0.15) is 11.6 Å². The van der Waals surface area contributed by atoms with Crippen molar-refractivity contribution in [3.05, 3.63) is 89.0 Å². The lowest BCUT2D eigenvalue weighted by Gasteiger charge is -2.26. The zero-order valence-electron chi connectivity index (χ0n) is 19.6. The molecule has 6 nitrogen and oxygen atoms in total. The van der Waals surface area contributed by atoms with E-state index in [0.717, 1.165) is 42.9 Å². The smallest absolute Gasteiger partial charge is 0.255 e. The van der Waals surface area contributed by atoms with Gasteiger partial charge in [0.05, 0.1) is 23.4 Å². The summed E-state index contributed by atoms with van der Waals surface area (Å²) in [6, 6.07) is 18.3. The van der Waals surface area contributed by atoms with Crippen molar-refractivity contribution in [3.63, 3.8) is 0 Å². The second-order valence-corrected chi connectivity index (χ2v) is 8.82. The van der Waals surface area contributed by atoms with E-state index >= 15 is 0 Å². The predicted molar refractivity (Wildman–Crippen MR) is 129 cm³/mol. The van der Waals surface area contributed by atoms with E-state index in [4.69, 9.17) is 9.72 Å². The third kappa shape index (κ3) is 5.96. The molecule has 172 valence electrons. The molecule has 1 N–H and O–H groups in total. The zero-order chi connectivity index (χ0) is 23.2. The van der Waals surface area contributed by atoms with Crippen molar-refractivity contribution in [1.29, 1.82) is 0 Å². The van der Waals surface area contributed by atoms with E-state index in [1.54, 1.807) is 6.20 Å². The van der Waals surface area contributed by atoms with Crippen molar-refractivity contribution in [1.82, 2.24) is 20.2 Å². The van der Waals surface area contributed by atoms with Gasteiger partial charge in [0, 0.05) is 19.3 Å². The maximum atomic E-state index is 13.1. The molecule has 6 heteroatoms. The highest BCUT2D eigenvalue weighted by Gasteiger charge is 2.31. The maximum absolute atomic E-state index is 13.1. The second kappa shape index (κ2) is 10.6. The summed E-state index contributed by atoms with van der Waals surface area (Å²) in [6.07, 6.45) is 3.88. The Morgan fingerprint density at radius 1 is 1.12 bits per heavy atom. The molecule has 2 heterocycles. The zero-order valence-corrected chi connectivity index (χ0v) is 19.6. The van der Waals surface area contributed by atoms with Crippen LogP contribution in [-0.4, -0.2) is 33.4 Å². The number of amides is 1. The molecular weight excluding hydrogens is 412 g/mol. The summed E-state index contributed by atoms with van der Waals surface area (Å²) in [4.78, 5) is 24.5. The topological polar surface area (TPSA) is 67.4 Å². The number of hydrogen-bond acceptors (Lipinski definition) is 5. The van der Waals surface area contributed by atoms with Gasteiger partial charge in [0.2, 0.25) is 0 Å². The summed E-state index contributed by atoms with van der Waals surface area (Å²) in [5.74, 6) is 1.44. The van der Waals surface area contributed by atoms with Crippen LogP contribution < -0.4 is 10.1 Å². The van der Waals surface area contributed by atoms with Crippen LogP contribution in [0.2, 0.25) is 0 Å². The number of likely N-dealkylation sites (tertiary alicyclic amines) is 1. The van der Waals surface area contributed by atoms with Gasteiger partial charge in [-0.3, -0.25) is 9.69 Å². The Morgan fingerprint density at radius 3 is 2.61 bits per heavy atom. The molecule has 1 saturated heterocycles. The molecule has 1 aliphatic rings. The van der Waals surface area contributed by atoms with E-state index in [2.05, 4.69) is 27.3 Å². The van der Waals surface area contributed by atoms with E-state index < -0.39 is 0 Å². The third-order valence-corrected chi connectivity index (χ3v) is 5.84. The number of carbonyl (C=O) groups is 1. The minimum Gasteiger partial charge on any atom is -0.491 e. The number of aryl methyl sites for hydroxylation is 1. The Bertz CT molecular complexity index is 1070. The first-order chi connectivity index (χ1) is 16.0. The molecular formula is C27H32N4O2. The molecule has 1 fully saturated rings. The van der Waals surface area contributed by atoms with Gasteiger partial charge in [0.25, 0.3) is 5.91 Å². The standard InChI is InChI=1S/C27H32N4O2/c1-19(2)33-23-13-11-22(12-14-23)18-31-15-7-10-25(31)26-24(17-28-20(3)30-26)27(32)29-16-21-8-5-4-6-9-21/h4-6,8-9,11-14,17,19,25H,7,10,15-16,18H2,1-3H3,(H,29,32)/t25-/m1/s1. The van der Waals surface area contributed by atoms with Crippen molar-refractivity contribution in [2.45, 2.75) is 58.8 Å². The molecule has 2 aromatic carbocycles. The van der Waals surface area contributed by atoms with Crippen LogP contribution in [0.5, 0.6) is 5.75 Å². The fraction of sp³-hybridized carbons (Fsp3) is 0.370. The Balaban J connectivity index is 1.50. The average molecular weight is 445 g/mol. The van der Waals surface area contributed by atoms with Gasteiger partial charge in [-0.2, -0.15) is 0 Å². The normalized spacial score (nSPS) is 16.2. The molecule has 4 rings (SSSR count). The Labute approximate surface area is 196 Å².